The molecule has 2 rings (SSSR count). The number of hydrogen-bond donors (Lipinski definition) is 3. The van der Waals surface area contributed by atoms with Crippen LogP contribution in [-0.4, -0.2) is 29.9 Å². The number of halogens is 1. The van der Waals surface area contributed by atoms with Crippen LogP contribution in [0.3, 0.4) is 0 Å². The van der Waals surface area contributed by atoms with Crippen molar-refractivity contribution >= 4 is 52.9 Å². The normalized spacial score (nSPS) is 10.9. The fourth-order valence-corrected chi connectivity index (χ4v) is 3.30. The molecule has 8 heteroatoms. The van der Waals surface area contributed by atoms with E-state index in [2.05, 4.69) is 32.9 Å². The van der Waals surface area contributed by atoms with Crippen molar-refractivity contribution in [3.05, 3.63) is 45.9 Å². The summed E-state index contributed by atoms with van der Waals surface area (Å²) in [6, 6.07) is 7.83. The molecule has 0 saturated carbocycles. The van der Waals surface area contributed by atoms with Gasteiger partial charge in [-0.2, -0.15) is 0 Å². The van der Waals surface area contributed by atoms with Gasteiger partial charge < -0.3 is 16.0 Å². The highest BCUT2D eigenvalue weighted by Crippen LogP contribution is 2.13. The first-order valence-corrected chi connectivity index (χ1v) is 10.2. The van der Waals surface area contributed by atoms with E-state index in [1.165, 1.54) is 4.88 Å². The van der Waals surface area contributed by atoms with Gasteiger partial charge in [-0.3, -0.25) is 4.79 Å². The van der Waals surface area contributed by atoms with Gasteiger partial charge in [-0.15, -0.1) is 35.3 Å². The van der Waals surface area contributed by atoms with Gasteiger partial charge in [0.05, 0.1) is 11.6 Å². The number of thiazole rings is 1. The molecule has 1 heterocycles. The number of guanidine groups is 1. The summed E-state index contributed by atoms with van der Waals surface area (Å²) in [6.07, 6.45) is 4.16. The molecule has 0 fully saturated rings. The Labute approximate surface area is 188 Å². The van der Waals surface area contributed by atoms with Gasteiger partial charge in [0, 0.05) is 42.7 Å². The third-order valence-electron chi connectivity index (χ3n) is 3.75. The Morgan fingerprint density at radius 2 is 2.07 bits per heavy atom. The molecule has 0 spiro atoms. The molecule has 0 bridgehead atoms. The predicted octanol–water partition coefficient (Wildman–Crippen LogP) is 4.11. The van der Waals surface area contributed by atoms with E-state index >= 15 is 0 Å². The van der Waals surface area contributed by atoms with Crippen LogP contribution in [0.2, 0.25) is 0 Å². The third-order valence-corrected chi connectivity index (χ3v) is 4.72. The summed E-state index contributed by atoms with van der Waals surface area (Å²) < 4.78 is 0. The van der Waals surface area contributed by atoms with Crippen LogP contribution in [0.15, 0.2) is 35.5 Å². The second-order valence-electron chi connectivity index (χ2n) is 6.24. The standard InChI is InChI=1S/C20H29N5OS.HI/c1-4-7-18(26)25-17-9-6-8-16(12-17)14-24-20(21-5-2)22-11-10-19-23-13-15(3)27-19;/h6,8-9,12-13H,4-5,7,10-11,14H2,1-3H3,(H,25,26)(H2,21,22,24);1H. The molecule has 1 aromatic heterocycles. The lowest BCUT2D eigenvalue weighted by molar-refractivity contribution is -0.116. The van der Waals surface area contributed by atoms with Gasteiger partial charge in [0.15, 0.2) is 5.96 Å². The summed E-state index contributed by atoms with van der Waals surface area (Å²) in [7, 11) is 0. The van der Waals surface area contributed by atoms with E-state index in [9.17, 15) is 4.79 Å². The van der Waals surface area contributed by atoms with Crippen LogP contribution in [0, 0.1) is 6.92 Å². The number of carbonyl (C=O) groups excluding carboxylic acids is 1. The summed E-state index contributed by atoms with van der Waals surface area (Å²) in [6.45, 7) is 8.24. The van der Waals surface area contributed by atoms with E-state index in [1.54, 1.807) is 11.3 Å². The minimum atomic E-state index is 0. The van der Waals surface area contributed by atoms with Crippen molar-refractivity contribution < 1.29 is 4.79 Å². The number of nitrogens with zero attached hydrogens (tertiary/aromatic N) is 2. The molecule has 6 nitrogen and oxygen atoms in total. The SMILES string of the molecule is CCCC(=O)Nc1cccc(CN=C(NCC)NCCc2ncc(C)s2)c1.I. The smallest absolute Gasteiger partial charge is 0.224 e. The van der Waals surface area contributed by atoms with Gasteiger partial charge in [-0.25, -0.2) is 9.98 Å². The average molecular weight is 515 g/mol. The zero-order valence-corrected chi connectivity index (χ0v) is 19.9. The second kappa shape index (κ2) is 13.5. The summed E-state index contributed by atoms with van der Waals surface area (Å²) in [4.78, 5) is 22.0. The van der Waals surface area contributed by atoms with Gasteiger partial charge in [0.25, 0.3) is 0 Å². The second-order valence-corrected chi connectivity index (χ2v) is 7.55. The van der Waals surface area contributed by atoms with Crippen molar-refractivity contribution in [2.45, 2.75) is 46.6 Å². The number of hydrogen-bond acceptors (Lipinski definition) is 4. The largest absolute Gasteiger partial charge is 0.357 e. The molecule has 1 aromatic carbocycles. The van der Waals surface area contributed by atoms with E-state index in [0.717, 1.165) is 48.1 Å². The number of aliphatic imine (C=N–C) groups is 1. The zero-order chi connectivity index (χ0) is 19.5. The van der Waals surface area contributed by atoms with Crippen LogP contribution in [0.1, 0.15) is 42.1 Å². The topological polar surface area (TPSA) is 78.4 Å². The Balaban J connectivity index is 0.00000392. The lowest BCUT2D eigenvalue weighted by Crippen LogP contribution is -2.38. The minimum Gasteiger partial charge on any atom is -0.357 e. The van der Waals surface area contributed by atoms with Crippen LogP contribution in [0.4, 0.5) is 5.69 Å². The molecule has 154 valence electrons. The number of anilines is 1. The average Bonchev–Trinajstić information content (AvgIpc) is 3.05. The number of aryl methyl sites for hydroxylation is 1. The van der Waals surface area contributed by atoms with E-state index in [0.29, 0.717) is 13.0 Å². The molecule has 1 amide bonds. The maximum atomic E-state index is 11.7. The van der Waals surface area contributed by atoms with Gasteiger partial charge in [-0.1, -0.05) is 19.1 Å². The molecular weight excluding hydrogens is 485 g/mol. The Kier molecular flexibility index (Phi) is 11.7. The zero-order valence-electron chi connectivity index (χ0n) is 16.7. The monoisotopic (exact) mass is 515 g/mol. The molecular formula is C20H30IN5OS. The van der Waals surface area contributed by atoms with Gasteiger partial charge in [0.2, 0.25) is 5.91 Å². The molecule has 3 N–H and O–H groups in total. The van der Waals surface area contributed by atoms with Crippen LogP contribution in [-0.2, 0) is 17.8 Å². The van der Waals surface area contributed by atoms with Crippen molar-refractivity contribution in [3.63, 3.8) is 0 Å². The summed E-state index contributed by atoms with van der Waals surface area (Å²) in [5.74, 6) is 0.830. The highest BCUT2D eigenvalue weighted by molar-refractivity contribution is 14.0. The van der Waals surface area contributed by atoms with E-state index in [1.807, 2.05) is 44.3 Å². The molecule has 0 aliphatic carbocycles. The predicted molar refractivity (Wildman–Crippen MR) is 129 cm³/mol. The number of rotatable bonds is 9. The van der Waals surface area contributed by atoms with Gasteiger partial charge >= 0.3 is 0 Å². The van der Waals surface area contributed by atoms with E-state index in [-0.39, 0.29) is 29.9 Å². The molecule has 2 aromatic rings. The van der Waals surface area contributed by atoms with Crippen molar-refractivity contribution in [3.8, 4) is 0 Å². The van der Waals surface area contributed by atoms with Crippen molar-refractivity contribution in [1.82, 2.24) is 15.6 Å². The first-order chi connectivity index (χ1) is 13.1. The number of nitrogens with one attached hydrogen (secondary N) is 3. The lowest BCUT2D eigenvalue weighted by atomic mass is 10.2. The number of aromatic nitrogens is 1. The summed E-state index contributed by atoms with van der Waals surface area (Å²) >= 11 is 1.73. The molecule has 0 aliphatic rings. The molecule has 0 unspecified atom stereocenters. The quantitative estimate of drug-likeness (QED) is 0.267. The van der Waals surface area contributed by atoms with Crippen LogP contribution in [0.25, 0.3) is 0 Å². The number of benzene rings is 1. The summed E-state index contributed by atoms with van der Waals surface area (Å²) in [5.41, 5.74) is 1.87. The first kappa shape index (κ1) is 24.4. The van der Waals surface area contributed by atoms with Crippen molar-refractivity contribution in [2.24, 2.45) is 4.99 Å². The maximum Gasteiger partial charge on any atom is 0.224 e. The lowest BCUT2D eigenvalue weighted by Gasteiger charge is -2.11. The third kappa shape index (κ3) is 9.01. The van der Waals surface area contributed by atoms with E-state index < -0.39 is 0 Å². The molecule has 0 saturated heterocycles. The Morgan fingerprint density at radius 1 is 1.25 bits per heavy atom. The van der Waals surface area contributed by atoms with E-state index in [4.69, 9.17) is 0 Å². The fraction of sp³-hybridized carbons (Fsp3) is 0.450. The van der Waals surface area contributed by atoms with Crippen LogP contribution >= 0.6 is 35.3 Å². The molecule has 28 heavy (non-hydrogen) atoms. The molecule has 0 radical (unpaired) electrons. The maximum absolute atomic E-state index is 11.7. The van der Waals surface area contributed by atoms with Crippen LogP contribution < -0.4 is 16.0 Å². The number of carbonyl (C=O) groups is 1. The first-order valence-electron chi connectivity index (χ1n) is 9.43. The molecule has 0 atom stereocenters. The highest BCUT2D eigenvalue weighted by Gasteiger charge is 2.03. The fourth-order valence-electron chi connectivity index (χ4n) is 2.51. The Bertz CT molecular complexity index is 763. The van der Waals surface area contributed by atoms with Gasteiger partial charge in [0.1, 0.15) is 0 Å². The Morgan fingerprint density at radius 3 is 2.75 bits per heavy atom. The van der Waals surface area contributed by atoms with Crippen molar-refractivity contribution in [2.75, 3.05) is 18.4 Å². The highest BCUT2D eigenvalue weighted by atomic mass is 127. The Hall–Kier alpha value is -1.68. The van der Waals surface area contributed by atoms with Crippen LogP contribution in [0.5, 0.6) is 0 Å². The minimum absolute atomic E-state index is 0. The molecule has 0 aliphatic heterocycles. The number of amides is 1. The van der Waals surface area contributed by atoms with Gasteiger partial charge in [-0.05, 0) is 38.0 Å². The summed E-state index contributed by atoms with van der Waals surface area (Å²) in [5, 5.41) is 10.7. The van der Waals surface area contributed by atoms with Crippen molar-refractivity contribution in [1.29, 1.82) is 0 Å².